The van der Waals surface area contributed by atoms with Crippen LogP contribution in [-0.4, -0.2) is 37.9 Å². The predicted octanol–water partition coefficient (Wildman–Crippen LogP) is 4.14. The molecule has 0 bridgehead atoms. The van der Waals surface area contributed by atoms with Crippen LogP contribution in [0.2, 0.25) is 5.02 Å². The maximum atomic E-state index is 12.4. The van der Waals surface area contributed by atoms with Crippen molar-refractivity contribution >= 4 is 40.2 Å². The summed E-state index contributed by atoms with van der Waals surface area (Å²) < 4.78 is 7.32. The normalized spacial score (nSPS) is 11.0. The third-order valence-electron chi connectivity index (χ3n) is 4.32. The van der Waals surface area contributed by atoms with Gasteiger partial charge < -0.3 is 9.72 Å². The Morgan fingerprint density at radius 2 is 2.07 bits per heavy atom. The maximum Gasteiger partial charge on any atom is 0.262 e. The SMILES string of the molecule is CC(=O)c1ccccc1OCCSc1nc2c(cnn2-c2cccc(Cl)c2)c(=O)[nH]1. The Labute approximate surface area is 181 Å². The van der Waals surface area contributed by atoms with Gasteiger partial charge in [-0.15, -0.1) is 0 Å². The summed E-state index contributed by atoms with van der Waals surface area (Å²) >= 11 is 7.42. The number of fused-ring (bicyclic) bond motifs is 1. The molecule has 0 radical (unpaired) electrons. The molecule has 4 rings (SSSR count). The molecule has 152 valence electrons. The van der Waals surface area contributed by atoms with Crippen molar-refractivity contribution in [3.8, 4) is 11.4 Å². The van der Waals surface area contributed by atoms with Crippen molar-refractivity contribution in [2.45, 2.75) is 12.1 Å². The van der Waals surface area contributed by atoms with Crippen LogP contribution in [-0.2, 0) is 0 Å². The largest absolute Gasteiger partial charge is 0.492 e. The highest BCUT2D eigenvalue weighted by Gasteiger charge is 2.12. The van der Waals surface area contributed by atoms with Gasteiger partial charge in [0.25, 0.3) is 5.56 Å². The second-order valence-electron chi connectivity index (χ2n) is 6.39. The molecule has 2 heterocycles. The van der Waals surface area contributed by atoms with Crippen LogP contribution in [0.4, 0.5) is 0 Å². The van der Waals surface area contributed by atoms with Crippen LogP contribution in [0.5, 0.6) is 5.75 Å². The molecule has 1 N–H and O–H groups in total. The standard InChI is InChI=1S/C21H17ClN4O3S/c1-13(27)16-7-2-3-8-18(16)29-9-10-30-21-24-19-17(20(28)25-21)12-23-26(19)15-6-4-5-14(22)11-15/h2-8,11-12H,9-10H2,1H3,(H,24,25,28). The Hall–Kier alpha value is -3.10. The van der Waals surface area contributed by atoms with Crippen LogP contribution in [0, 0.1) is 0 Å². The predicted molar refractivity (Wildman–Crippen MR) is 117 cm³/mol. The van der Waals surface area contributed by atoms with Crippen molar-refractivity contribution in [2.75, 3.05) is 12.4 Å². The lowest BCUT2D eigenvalue weighted by atomic mass is 10.1. The van der Waals surface area contributed by atoms with Gasteiger partial charge in [0.1, 0.15) is 11.1 Å². The third kappa shape index (κ3) is 4.24. The Balaban J connectivity index is 1.51. The molecule has 0 aliphatic carbocycles. The van der Waals surface area contributed by atoms with Crippen LogP contribution >= 0.6 is 23.4 Å². The van der Waals surface area contributed by atoms with Gasteiger partial charge in [-0.1, -0.05) is 41.6 Å². The van der Waals surface area contributed by atoms with E-state index in [9.17, 15) is 9.59 Å². The maximum absolute atomic E-state index is 12.4. The molecule has 0 saturated heterocycles. The first kappa shape index (κ1) is 20.2. The summed E-state index contributed by atoms with van der Waals surface area (Å²) in [7, 11) is 0. The zero-order valence-corrected chi connectivity index (χ0v) is 17.5. The van der Waals surface area contributed by atoms with E-state index in [4.69, 9.17) is 16.3 Å². The number of Topliss-reactive ketones (excluding diaryl/α,β-unsaturated/α-hetero) is 1. The fourth-order valence-electron chi connectivity index (χ4n) is 2.94. The molecular weight excluding hydrogens is 424 g/mol. The lowest BCUT2D eigenvalue weighted by Crippen LogP contribution is -2.11. The molecule has 0 spiro atoms. The van der Waals surface area contributed by atoms with Crippen LogP contribution < -0.4 is 10.3 Å². The van der Waals surface area contributed by atoms with E-state index in [2.05, 4.69) is 15.1 Å². The first-order chi connectivity index (χ1) is 14.5. The molecule has 2 aromatic carbocycles. The Morgan fingerprint density at radius 1 is 1.23 bits per heavy atom. The molecule has 0 amide bonds. The van der Waals surface area contributed by atoms with Gasteiger partial charge in [0.05, 0.1) is 24.1 Å². The molecule has 0 fully saturated rings. The Bertz CT molecular complexity index is 1280. The Morgan fingerprint density at radius 3 is 2.87 bits per heavy atom. The van der Waals surface area contributed by atoms with E-state index in [0.29, 0.717) is 44.9 Å². The highest BCUT2D eigenvalue weighted by molar-refractivity contribution is 7.99. The number of ether oxygens (including phenoxy) is 1. The summed E-state index contributed by atoms with van der Waals surface area (Å²) in [5, 5.41) is 5.70. The van der Waals surface area contributed by atoms with Gasteiger partial charge in [-0.25, -0.2) is 9.67 Å². The second kappa shape index (κ2) is 8.73. The van der Waals surface area contributed by atoms with E-state index in [1.54, 1.807) is 35.0 Å². The number of thioether (sulfide) groups is 1. The Kier molecular flexibility index (Phi) is 5.87. The number of hydrogen-bond acceptors (Lipinski definition) is 6. The number of para-hydroxylation sites is 1. The topological polar surface area (TPSA) is 89.9 Å². The van der Waals surface area contributed by atoms with Gasteiger partial charge in [-0.05, 0) is 37.3 Å². The molecule has 0 aliphatic rings. The van der Waals surface area contributed by atoms with Crippen molar-refractivity contribution < 1.29 is 9.53 Å². The molecule has 9 heteroatoms. The monoisotopic (exact) mass is 440 g/mol. The first-order valence-electron chi connectivity index (χ1n) is 9.12. The van der Waals surface area contributed by atoms with Crippen LogP contribution in [0.25, 0.3) is 16.7 Å². The molecule has 0 aliphatic heterocycles. The highest BCUT2D eigenvalue weighted by atomic mass is 35.5. The van der Waals surface area contributed by atoms with Gasteiger partial charge in [0.2, 0.25) is 0 Å². The summed E-state index contributed by atoms with van der Waals surface area (Å²) in [5.41, 5.74) is 1.45. The van der Waals surface area contributed by atoms with E-state index >= 15 is 0 Å². The minimum absolute atomic E-state index is 0.0519. The van der Waals surface area contributed by atoms with Gasteiger partial charge >= 0.3 is 0 Å². The number of carbonyl (C=O) groups is 1. The number of ketones is 1. The van der Waals surface area contributed by atoms with E-state index < -0.39 is 0 Å². The lowest BCUT2D eigenvalue weighted by Gasteiger charge is -2.09. The van der Waals surface area contributed by atoms with Crippen molar-refractivity contribution in [3.05, 3.63) is 75.7 Å². The number of hydrogen-bond donors (Lipinski definition) is 1. The summed E-state index contributed by atoms with van der Waals surface area (Å²) in [5.74, 6) is 1.02. The number of aromatic amines is 1. The minimum atomic E-state index is -0.265. The average molecular weight is 441 g/mol. The zero-order chi connectivity index (χ0) is 21.1. The third-order valence-corrected chi connectivity index (χ3v) is 5.39. The van der Waals surface area contributed by atoms with Gasteiger partial charge in [0, 0.05) is 10.8 Å². The van der Waals surface area contributed by atoms with Crippen molar-refractivity contribution in [1.29, 1.82) is 0 Å². The fraction of sp³-hybridized carbons (Fsp3) is 0.143. The van der Waals surface area contributed by atoms with E-state index in [1.165, 1.54) is 24.9 Å². The highest BCUT2D eigenvalue weighted by Crippen LogP contribution is 2.21. The summed E-state index contributed by atoms with van der Waals surface area (Å²) in [4.78, 5) is 31.4. The minimum Gasteiger partial charge on any atom is -0.492 e. The fourth-order valence-corrected chi connectivity index (χ4v) is 3.80. The van der Waals surface area contributed by atoms with Crippen LogP contribution in [0.1, 0.15) is 17.3 Å². The number of nitrogens with one attached hydrogen (secondary N) is 1. The van der Waals surface area contributed by atoms with Gasteiger partial charge in [0.15, 0.2) is 16.6 Å². The number of halogens is 1. The van der Waals surface area contributed by atoms with Crippen LogP contribution in [0.15, 0.2) is 64.7 Å². The average Bonchev–Trinajstić information content (AvgIpc) is 3.16. The number of benzene rings is 2. The second-order valence-corrected chi connectivity index (χ2v) is 7.91. The molecule has 0 unspecified atom stereocenters. The number of aromatic nitrogens is 4. The summed E-state index contributed by atoms with van der Waals surface area (Å²) in [6.07, 6.45) is 1.48. The number of carbonyl (C=O) groups excluding carboxylic acids is 1. The van der Waals surface area contributed by atoms with Crippen molar-refractivity contribution in [2.24, 2.45) is 0 Å². The summed E-state index contributed by atoms with van der Waals surface area (Å²) in [6, 6.07) is 14.3. The van der Waals surface area contributed by atoms with E-state index in [1.807, 2.05) is 18.2 Å². The lowest BCUT2D eigenvalue weighted by molar-refractivity contribution is 0.101. The molecule has 30 heavy (non-hydrogen) atoms. The first-order valence-corrected chi connectivity index (χ1v) is 10.5. The van der Waals surface area contributed by atoms with Crippen molar-refractivity contribution in [1.82, 2.24) is 19.7 Å². The smallest absolute Gasteiger partial charge is 0.262 e. The molecule has 2 aromatic heterocycles. The molecule has 0 saturated carbocycles. The quantitative estimate of drug-likeness (QED) is 0.201. The number of rotatable bonds is 7. The van der Waals surface area contributed by atoms with Gasteiger partial charge in [-0.3, -0.25) is 9.59 Å². The number of H-pyrrole nitrogens is 1. The van der Waals surface area contributed by atoms with Gasteiger partial charge in [-0.2, -0.15) is 5.10 Å². The number of nitrogens with zero attached hydrogens (tertiary/aromatic N) is 3. The van der Waals surface area contributed by atoms with Crippen molar-refractivity contribution in [3.63, 3.8) is 0 Å². The molecule has 4 aromatic rings. The van der Waals surface area contributed by atoms with Crippen LogP contribution in [0.3, 0.4) is 0 Å². The zero-order valence-electron chi connectivity index (χ0n) is 16.0. The van der Waals surface area contributed by atoms with E-state index in [-0.39, 0.29) is 11.3 Å². The molecule has 7 nitrogen and oxygen atoms in total. The van der Waals surface area contributed by atoms with E-state index in [0.717, 1.165) is 5.69 Å². The molecular formula is C21H17ClN4O3S. The molecule has 0 atom stereocenters. The summed E-state index contributed by atoms with van der Waals surface area (Å²) in [6.45, 7) is 1.86.